The molecular formula is C20H20N2O5S3. The van der Waals surface area contributed by atoms with E-state index in [2.05, 4.69) is 11.9 Å². The normalized spacial score (nSPS) is 12.3. The van der Waals surface area contributed by atoms with Gasteiger partial charge in [0.15, 0.2) is 14.6 Å². The lowest BCUT2D eigenvalue weighted by atomic mass is 10.2. The molecule has 158 valence electrons. The minimum absolute atomic E-state index is 0.146. The van der Waals surface area contributed by atoms with Crippen LogP contribution in [0, 0.1) is 0 Å². The Balaban J connectivity index is 2.10. The standard InChI is InChI=1S/C20H20N2O5S3/c1-4-28-14-7-5-13(6-8-14)19(24)21-20-22(12-18(23)27-2)16-10-9-15(30(3,25)26)11-17(16)29-20/h5-11H,4,12H2,1-3H3. The van der Waals surface area contributed by atoms with Gasteiger partial charge in [-0.15, -0.1) is 11.8 Å². The van der Waals surface area contributed by atoms with Crippen LogP contribution in [0.3, 0.4) is 0 Å². The number of hydrogen-bond donors (Lipinski definition) is 0. The molecule has 0 aliphatic rings. The molecule has 0 spiro atoms. The van der Waals surface area contributed by atoms with E-state index in [1.807, 2.05) is 12.1 Å². The highest BCUT2D eigenvalue weighted by atomic mass is 32.2. The minimum Gasteiger partial charge on any atom is -0.468 e. The first-order valence-electron chi connectivity index (χ1n) is 8.95. The van der Waals surface area contributed by atoms with Crippen molar-refractivity contribution in [3.8, 4) is 0 Å². The molecule has 7 nitrogen and oxygen atoms in total. The van der Waals surface area contributed by atoms with Crippen molar-refractivity contribution in [3.63, 3.8) is 0 Å². The SMILES string of the molecule is CCSc1ccc(C(=O)N=c2sc3cc(S(C)(=O)=O)ccc3n2CC(=O)OC)cc1. The molecule has 0 unspecified atom stereocenters. The molecule has 1 heterocycles. The van der Waals surface area contributed by atoms with Crippen LogP contribution in [0.2, 0.25) is 0 Å². The van der Waals surface area contributed by atoms with Crippen molar-refractivity contribution in [3.05, 3.63) is 52.8 Å². The number of ether oxygens (including phenoxy) is 1. The van der Waals surface area contributed by atoms with Crippen LogP contribution in [-0.2, 0) is 25.9 Å². The van der Waals surface area contributed by atoms with Crippen LogP contribution in [0.5, 0.6) is 0 Å². The number of sulfone groups is 1. The quantitative estimate of drug-likeness (QED) is 0.411. The molecule has 30 heavy (non-hydrogen) atoms. The van der Waals surface area contributed by atoms with Gasteiger partial charge in [0.2, 0.25) is 0 Å². The smallest absolute Gasteiger partial charge is 0.325 e. The summed E-state index contributed by atoms with van der Waals surface area (Å²) in [5.74, 6) is -0.0177. The first-order valence-corrected chi connectivity index (χ1v) is 12.6. The van der Waals surface area contributed by atoms with Gasteiger partial charge in [-0.1, -0.05) is 18.3 Å². The first-order chi connectivity index (χ1) is 14.2. The Morgan fingerprint density at radius 2 is 1.87 bits per heavy atom. The topological polar surface area (TPSA) is 94.8 Å². The van der Waals surface area contributed by atoms with Gasteiger partial charge >= 0.3 is 5.97 Å². The number of rotatable bonds is 6. The molecule has 0 bridgehead atoms. The Morgan fingerprint density at radius 3 is 2.47 bits per heavy atom. The molecule has 0 radical (unpaired) electrons. The Kier molecular flexibility index (Phi) is 6.79. The number of carbonyl (C=O) groups is 2. The largest absolute Gasteiger partial charge is 0.468 e. The molecule has 10 heteroatoms. The lowest BCUT2D eigenvalue weighted by Gasteiger charge is -2.04. The van der Waals surface area contributed by atoms with Crippen LogP contribution >= 0.6 is 23.1 Å². The molecule has 0 saturated heterocycles. The average molecular weight is 465 g/mol. The summed E-state index contributed by atoms with van der Waals surface area (Å²) in [5.41, 5.74) is 1.02. The molecule has 0 atom stereocenters. The van der Waals surface area contributed by atoms with Gasteiger partial charge < -0.3 is 9.30 Å². The van der Waals surface area contributed by atoms with E-state index in [9.17, 15) is 18.0 Å². The zero-order valence-electron chi connectivity index (χ0n) is 16.6. The maximum absolute atomic E-state index is 12.7. The molecule has 3 aromatic rings. The highest BCUT2D eigenvalue weighted by Crippen LogP contribution is 2.22. The van der Waals surface area contributed by atoms with E-state index in [0.29, 0.717) is 15.8 Å². The zero-order valence-corrected chi connectivity index (χ0v) is 19.1. The summed E-state index contributed by atoms with van der Waals surface area (Å²) >= 11 is 2.81. The van der Waals surface area contributed by atoms with Crippen molar-refractivity contribution < 1.29 is 22.7 Å². The van der Waals surface area contributed by atoms with Gasteiger partial charge in [-0.25, -0.2) is 8.42 Å². The van der Waals surface area contributed by atoms with Crippen molar-refractivity contribution in [2.24, 2.45) is 4.99 Å². The fourth-order valence-corrected chi connectivity index (χ4v) is 5.18. The van der Waals surface area contributed by atoms with E-state index >= 15 is 0 Å². The molecule has 0 aliphatic carbocycles. The van der Waals surface area contributed by atoms with Gasteiger partial charge in [0.1, 0.15) is 6.54 Å². The van der Waals surface area contributed by atoms with E-state index in [1.165, 1.54) is 19.2 Å². The van der Waals surface area contributed by atoms with Gasteiger partial charge in [0.25, 0.3) is 5.91 Å². The molecule has 0 fully saturated rings. The van der Waals surface area contributed by atoms with Crippen molar-refractivity contribution in [1.29, 1.82) is 0 Å². The number of nitrogens with zero attached hydrogens (tertiary/aromatic N) is 2. The highest BCUT2D eigenvalue weighted by molar-refractivity contribution is 7.99. The van der Waals surface area contributed by atoms with Crippen LogP contribution in [0.15, 0.2) is 57.2 Å². The first kappa shape index (κ1) is 22.3. The number of thioether (sulfide) groups is 1. The number of fused-ring (bicyclic) bond motifs is 1. The Hall–Kier alpha value is -2.43. The van der Waals surface area contributed by atoms with Crippen LogP contribution in [0.25, 0.3) is 10.2 Å². The van der Waals surface area contributed by atoms with Crippen molar-refractivity contribution in [2.75, 3.05) is 19.1 Å². The number of esters is 1. The molecular weight excluding hydrogens is 444 g/mol. The van der Waals surface area contributed by atoms with Gasteiger partial charge in [-0.05, 0) is 48.2 Å². The number of amides is 1. The van der Waals surface area contributed by atoms with E-state index in [1.54, 1.807) is 34.5 Å². The summed E-state index contributed by atoms with van der Waals surface area (Å²) in [5, 5.41) is 0. The Bertz CT molecular complexity index is 1270. The lowest BCUT2D eigenvalue weighted by molar-refractivity contribution is -0.141. The summed E-state index contributed by atoms with van der Waals surface area (Å²) in [6.07, 6.45) is 1.12. The molecule has 2 aromatic carbocycles. The third-order valence-electron chi connectivity index (χ3n) is 4.21. The summed E-state index contributed by atoms with van der Waals surface area (Å²) in [7, 11) is -2.12. The minimum atomic E-state index is -3.39. The third kappa shape index (κ3) is 5.00. The lowest BCUT2D eigenvalue weighted by Crippen LogP contribution is -2.22. The maximum atomic E-state index is 12.7. The summed E-state index contributed by atoms with van der Waals surface area (Å²) in [6.45, 7) is 1.91. The van der Waals surface area contributed by atoms with Crippen LogP contribution < -0.4 is 4.80 Å². The second-order valence-electron chi connectivity index (χ2n) is 6.32. The Morgan fingerprint density at radius 1 is 1.17 bits per heavy atom. The second kappa shape index (κ2) is 9.15. The van der Waals surface area contributed by atoms with Crippen LogP contribution in [-0.4, -0.2) is 44.0 Å². The van der Waals surface area contributed by atoms with Crippen molar-refractivity contribution in [1.82, 2.24) is 4.57 Å². The van der Waals surface area contributed by atoms with Crippen LogP contribution in [0.1, 0.15) is 17.3 Å². The summed E-state index contributed by atoms with van der Waals surface area (Å²) in [6, 6.07) is 11.7. The fourth-order valence-electron chi connectivity index (χ4n) is 2.73. The number of carbonyl (C=O) groups excluding carboxylic acids is 2. The zero-order chi connectivity index (χ0) is 21.9. The Labute approximate surface area is 182 Å². The van der Waals surface area contributed by atoms with E-state index < -0.39 is 21.7 Å². The number of thiazole rings is 1. The summed E-state index contributed by atoms with van der Waals surface area (Å²) in [4.78, 5) is 30.3. The fraction of sp³-hybridized carbons (Fsp3) is 0.250. The molecule has 1 amide bonds. The third-order valence-corrected chi connectivity index (χ3v) is 7.25. The van der Waals surface area contributed by atoms with Crippen molar-refractivity contribution in [2.45, 2.75) is 23.3 Å². The van der Waals surface area contributed by atoms with Gasteiger partial charge in [0.05, 0.1) is 22.2 Å². The molecule has 0 N–H and O–H groups in total. The van der Waals surface area contributed by atoms with Gasteiger partial charge in [0, 0.05) is 16.7 Å². The molecule has 3 rings (SSSR count). The number of hydrogen-bond acceptors (Lipinski definition) is 7. The number of aromatic nitrogens is 1. The number of methoxy groups -OCH3 is 1. The molecule has 0 saturated carbocycles. The van der Waals surface area contributed by atoms with Gasteiger partial charge in [-0.3, -0.25) is 9.59 Å². The predicted octanol–water partition coefficient (Wildman–Crippen LogP) is 3.13. The van der Waals surface area contributed by atoms with Crippen molar-refractivity contribution >= 4 is 55.0 Å². The maximum Gasteiger partial charge on any atom is 0.325 e. The summed E-state index contributed by atoms with van der Waals surface area (Å²) < 4.78 is 30.7. The monoisotopic (exact) mass is 464 g/mol. The number of benzene rings is 2. The average Bonchev–Trinajstić information content (AvgIpc) is 3.04. The highest BCUT2D eigenvalue weighted by Gasteiger charge is 2.15. The van der Waals surface area contributed by atoms with E-state index in [0.717, 1.165) is 28.2 Å². The van der Waals surface area contributed by atoms with Crippen LogP contribution in [0.4, 0.5) is 0 Å². The molecule has 0 aliphatic heterocycles. The predicted molar refractivity (Wildman–Crippen MR) is 118 cm³/mol. The second-order valence-corrected chi connectivity index (χ2v) is 10.7. The van der Waals surface area contributed by atoms with Gasteiger partial charge in [-0.2, -0.15) is 4.99 Å². The van der Waals surface area contributed by atoms with E-state index in [4.69, 9.17) is 4.74 Å². The van der Waals surface area contributed by atoms with E-state index in [-0.39, 0.29) is 16.2 Å². The molecule has 1 aromatic heterocycles.